The van der Waals surface area contributed by atoms with Gasteiger partial charge in [-0.2, -0.15) is 0 Å². The van der Waals surface area contributed by atoms with E-state index < -0.39 is 0 Å². The number of benzene rings is 2. The molecule has 172 valence electrons. The van der Waals surface area contributed by atoms with Crippen LogP contribution in [0.25, 0.3) is 11.1 Å². The molecular weight excluding hydrogens is 396 g/mol. The number of fused-ring (bicyclic) bond motifs is 3. The molecule has 0 aliphatic heterocycles. The zero-order valence-electron chi connectivity index (χ0n) is 20.5. The van der Waals surface area contributed by atoms with Crippen LogP contribution >= 0.6 is 0 Å². The molecule has 0 saturated heterocycles. The zero-order valence-corrected chi connectivity index (χ0v) is 20.5. The van der Waals surface area contributed by atoms with Crippen molar-refractivity contribution in [1.29, 1.82) is 0 Å². The summed E-state index contributed by atoms with van der Waals surface area (Å²) >= 11 is 0. The summed E-state index contributed by atoms with van der Waals surface area (Å²) in [5.74, 6) is 0. The highest BCUT2D eigenvalue weighted by molar-refractivity contribution is 5.81. The Bertz CT molecular complexity index is 943. The highest BCUT2D eigenvalue weighted by Crippen LogP contribution is 2.44. The van der Waals surface area contributed by atoms with E-state index >= 15 is 0 Å². The lowest BCUT2D eigenvalue weighted by atomic mass is 9.80. The minimum atomic E-state index is -0.0260. The van der Waals surface area contributed by atoms with E-state index in [2.05, 4.69) is 81.5 Å². The molecule has 2 aromatic rings. The molecule has 0 N–H and O–H groups in total. The number of methoxy groups -OCH3 is 3. The van der Waals surface area contributed by atoms with Crippen molar-refractivity contribution < 1.29 is 14.2 Å². The molecule has 0 spiro atoms. The van der Waals surface area contributed by atoms with Gasteiger partial charge in [0, 0.05) is 21.3 Å². The van der Waals surface area contributed by atoms with E-state index in [0.717, 1.165) is 12.8 Å². The van der Waals surface area contributed by atoms with Crippen LogP contribution in [0.5, 0.6) is 0 Å². The summed E-state index contributed by atoms with van der Waals surface area (Å²) in [5, 5.41) is 0. The van der Waals surface area contributed by atoms with Crippen molar-refractivity contribution in [2.45, 2.75) is 45.6 Å². The Morgan fingerprint density at radius 3 is 2.09 bits per heavy atom. The van der Waals surface area contributed by atoms with Crippen molar-refractivity contribution in [3.63, 3.8) is 0 Å². The molecule has 0 amide bonds. The normalized spacial score (nSPS) is 15.7. The third-order valence-electron chi connectivity index (χ3n) is 6.17. The lowest BCUT2D eigenvalue weighted by Crippen LogP contribution is -2.28. The number of ether oxygens (including phenoxy) is 3. The minimum Gasteiger partial charge on any atom is -0.383 e. The zero-order chi connectivity index (χ0) is 23.2. The first-order valence-corrected chi connectivity index (χ1v) is 11.4. The van der Waals surface area contributed by atoms with E-state index in [-0.39, 0.29) is 10.8 Å². The van der Waals surface area contributed by atoms with Crippen molar-refractivity contribution in [3.05, 3.63) is 83.0 Å². The highest BCUT2D eigenvalue weighted by atomic mass is 16.5. The van der Waals surface area contributed by atoms with Gasteiger partial charge in [-0.25, -0.2) is 0 Å². The van der Waals surface area contributed by atoms with E-state index in [1.807, 2.05) is 0 Å². The molecule has 3 nitrogen and oxygen atoms in total. The molecule has 0 aromatic heterocycles. The van der Waals surface area contributed by atoms with Crippen molar-refractivity contribution in [3.8, 4) is 11.1 Å². The molecule has 4 rings (SSSR count). The summed E-state index contributed by atoms with van der Waals surface area (Å²) in [6.07, 6.45) is 10.7. The second-order valence-electron chi connectivity index (χ2n) is 9.78. The van der Waals surface area contributed by atoms with Crippen LogP contribution in [-0.4, -0.2) is 34.5 Å². The van der Waals surface area contributed by atoms with Crippen LogP contribution in [0.3, 0.4) is 0 Å². The molecule has 0 saturated carbocycles. The largest absolute Gasteiger partial charge is 0.383 e. The van der Waals surface area contributed by atoms with Crippen LogP contribution in [0.2, 0.25) is 0 Å². The maximum Gasteiger partial charge on any atom is 0.0716 e. The van der Waals surface area contributed by atoms with Gasteiger partial charge in [-0.05, 0) is 51.6 Å². The molecule has 3 heteroatoms. The molecule has 2 aromatic carbocycles. The molecule has 32 heavy (non-hydrogen) atoms. The quantitative estimate of drug-likeness (QED) is 0.415. The topological polar surface area (TPSA) is 27.7 Å². The van der Waals surface area contributed by atoms with Gasteiger partial charge in [-0.15, -0.1) is 0 Å². The second-order valence-corrected chi connectivity index (χ2v) is 9.78. The highest BCUT2D eigenvalue weighted by Gasteiger charge is 2.28. The standard InChI is InChI=1S/C19H22O.C10H16O2/c1-19(2,3)17-10-9-14(12-20-4)16-11-13-7-5-6-8-15(13)18(16)17;1-11-8-10(9-12-2)6-4-3-5-7-10/h5-10H,11-12H2,1-4H3;4-7H,3,8-9H2,1-2H3. The molecule has 0 atom stereocenters. The van der Waals surface area contributed by atoms with Gasteiger partial charge in [0.1, 0.15) is 0 Å². The van der Waals surface area contributed by atoms with E-state index in [1.54, 1.807) is 21.3 Å². The monoisotopic (exact) mass is 434 g/mol. The molecule has 0 heterocycles. The van der Waals surface area contributed by atoms with Crippen molar-refractivity contribution >= 4 is 0 Å². The van der Waals surface area contributed by atoms with E-state index in [9.17, 15) is 0 Å². The number of rotatable bonds is 6. The number of hydrogen-bond donors (Lipinski definition) is 0. The SMILES string of the molecule is COCC1(COC)C=CCC=C1.COCc1ccc(C(C)(C)C)c2c1Cc1ccccc1-2. The number of allylic oxidation sites excluding steroid dienone is 2. The Morgan fingerprint density at radius 2 is 1.50 bits per heavy atom. The third-order valence-corrected chi connectivity index (χ3v) is 6.17. The van der Waals surface area contributed by atoms with Gasteiger partial charge in [0.05, 0.1) is 25.2 Å². The Balaban J connectivity index is 0.000000207. The van der Waals surface area contributed by atoms with Gasteiger partial charge in [0.2, 0.25) is 0 Å². The molecule has 0 radical (unpaired) electrons. The van der Waals surface area contributed by atoms with E-state index in [1.165, 1.54) is 33.4 Å². The van der Waals surface area contributed by atoms with Gasteiger partial charge in [-0.1, -0.05) is 81.5 Å². The third kappa shape index (κ3) is 5.40. The Morgan fingerprint density at radius 1 is 0.844 bits per heavy atom. The smallest absolute Gasteiger partial charge is 0.0716 e. The summed E-state index contributed by atoms with van der Waals surface area (Å²) in [6.45, 7) is 8.95. The predicted octanol–water partition coefficient (Wildman–Crippen LogP) is 6.48. The fraction of sp³-hybridized carbons (Fsp3) is 0.448. The first-order valence-electron chi connectivity index (χ1n) is 11.4. The predicted molar refractivity (Wildman–Crippen MR) is 133 cm³/mol. The molecule has 0 bridgehead atoms. The maximum atomic E-state index is 5.38. The van der Waals surface area contributed by atoms with Crippen molar-refractivity contribution in [2.75, 3.05) is 34.5 Å². The first kappa shape index (κ1) is 24.4. The lowest BCUT2D eigenvalue weighted by Gasteiger charge is -2.27. The Labute approximate surface area is 194 Å². The van der Waals surface area contributed by atoms with Crippen LogP contribution in [0, 0.1) is 5.41 Å². The van der Waals surface area contributed by atoms with E-state index in [4.69, 9.17) is 14.2 Å². The maximum absolute atomic E-state index is 5.38. The summed E-state index contributed by atoms with van der Waals surface area (Å²) < 4.78 is 15.7. The molecular formula is C29H38O3. The fourth-order valence-electron chi connectivity index (χ4n) is 4.74. The van der Waals surface area contributed by atoms with Crippen LogP contribution < -0.4 is 0 Å². The summed E-state index contributed by atoms with van der Waals surface area (Å²) in [5.41, 5.74) is 8.66. The van der Waals surface area contributed by atoms with Crippen LogP contribution in [0.15, 0.2) is 60.7 Å². The summed E-state index contributed by atoms with van der Waals surface area (Å²) in [4.78, 5) is 0. The second kappa shape index (κ2) is 10.6. The molecule has 2 aliphatic carbocycles. The molecule has 0 fully saturated rings. The number of hydrogen-bond acceptors (Lipinski definition) is 3. The van der Waals surface area contributed by atoms with Gasteiger partial charge in [-0.3, -0.25) is 0 Å². The summed E-state index contributed by atoms with van der Waals surface area (Å²) in [6, 6.07) is 13.3. The average molecular weight is 435 g/mol. The van der Waals surface area contributed by atoms with Crippen LogP contribution in [0.4, 0.5) is 0 Å². The van der Waals surface area contributed by atoms with Gasteiger partial charge < -0.3 is 14.2 Å². The fourth-order valence-corrected chi connectivity index (χ4v) is 4.74. The summed E-state index contributed by atoms with van der Waals surface area (Å²) in [7, 11) is 5.20. The van der Waals surface area contributed by atoms with Gasteiger partial charge in [0.25, 0.3) is 0 Å². The van der Waals surface area contributed by atoms with Crippen LogP contribution in [0.1, 0.15) is 49.4 Å². The minimum absolute atomic E-state index is 0.0260. The molecule has 2 aliphatic rings. The van der Waals surface area contributed by atoms with Crippen molar-refractivity contribution in [2.24, 2.45) is 5.41 Å². The van der Waals surface area contributed by atoms with Gasteiger partial charge >= 0.3 is 0 Å². The Hall–Kier alpha value is -2.20. The average Bonchev–Trinajstić information content (AvgIpc) is 3.15. The Kier molecular flexibility index (Phi) is 8.10. The van der Waals surface area contributed by atoms with Crippen molar-refractivity contribution in [1.82, 2.24) is 0 Å². The first-order chi connectivity index (χ1) is 15.3. The lowest BCUT2D eigenvalue weighted by molar-refractivity contribution is 0.0668. The van der Waals surface area contributed by atoms with Crippen LogP contribution in [-0.2, 0) is 32.7 Å². The molecule has 0 unspecified atom stereocenters. The van der Waals surface area contributed by atoms with Gasteiger partial charge in [0.15, 0.2) is 0 Å². The van der Waals surface area contributed by atoms with E-state index in [0.29, 0.717) is 19.8 Å².